The van der Waals surface area contributed by atoms with Crippen LogP contribution in [0.2, 0.25) is 0 Å². The number of halogens is 1. The highest BCUT2D eigenvalue weighted by Crippen LogP contribution is 2.38. The fraction of sp³-hybridized carbons (Fsp3) is 0.125. The minimum absolute atomic E-state index is 0.0206. The number of hydrogen-bond donors (Lipinski definition) is 2. The number of amides is 2. The van der Waals surface area contributed by atoms with Crippen molar-refractivity contribution in [1.82, 2.24) is 4.90 Å². The number of carbonyl (C=O) groups is 2. The van der Waals surface area contributed by atoms with Crippen LogP contribution in [-0.4, -0.2) is 37.4 Å². The van der Waals surface area contributed by atoms with E-state index >= 15 is 0 Å². The van der Waals surface area contributed by atoms with E-state index in [0.29, 0.717) is 29.1 Å². The third kappa shape index (κ3) is 5.89. The van der Waals surface area contributed by atoms with Gasteiger partial charge in [0.15, 0.2) is 0 Å². The average Bonchev–Trinajstić information content (AvgIpc) is 3.27. The summed E-state index contributed by atoms with van der Waals surface area (Å²) in [7, 11) is 3.69. The van der Waals surface area contributed by atoms with Crippen molar-refractivity contribution in [2.45, 2.75) is 6.54 Å². The second kappa shape index (κ2) is 11.3. The standard InChI is InChI=1S/C32H29FN4O2/c1-36(20-22-9-5-3-6-10-22)21-29(38)37(2)26-16-14-25(15-17-26)34-31(23-11-7-4-8-12-23)30-27-18-13-24(33)19-28(27)35-32(30)39/h3-19,34H,20-21H2,1-2H3,(H,35,39)/b31-30-. The van der Waals surface area contributed by atoms with E-state index in [2.05, 4.69) is 10.6 Å². The molecule has 6 nitrogen and oxygen atoms in total. The molecule has 5 rings (SSSR count). The molecule has 0 aliphatic carbocycles. The van der Waals surface area contributed by atoms with Crippen LogP contribution in [0.5, 0.6) is 0 Å². The van der Waals surface area contributed by atoms with Gasteiger partial charge in [-0.2, -0.15) is 0 Å². The molecule has 4 aromatic carbocycles. The summed E-state index contributed by atoms with van der Waals surface area (Å²) < 4.78 is 13.8. The van der Waals surface area contributed by atoms with Crippen molar-refractivity contribution in [1.29, 1.82) is 0 Å². The van der Waals surface area contributed by atoms with Crippen molar-refractivity contribution < 1.29 is 14.0 Å². The summed E-state index contributed by atoms with van der Waals surface area (Å²) in [5.74, 6) is -0.735. The highest BCUT2D eigenvalue weighted by molar-refractivity contribution is 6.37. The molecule has 0 spiro atoms. The van der Waals surface area contributed by atoms with Crippen molar-refractivity contribution >= 4 is 40.1 Å². The van der Waals surface area contributed by atoms with Crippen LogP contribution in [0.25, 0.3) is 11.3 Å². The van der Waals surface area contributed by atoms with E-state index in [9.17, 15) is 14.0 Å². The normalized spacial score (nSPS) is 13.6. The number of benzene rings is 4. The predicted octanol–water partition coefficient (Wildman–Crippen LogP) is 5.85. The summed E-state index contributed by atoms with van der Waals surface area (Å²) in [6, 6.07) is 31.3. The van der Waals surface area contributed by atoms with Crippen LogP contribution in [0.1, 0.15) is 16.7 Å². The maximum absolute atomic E-state index is 13.8. The first-order valence-electron chi connectivity index (χ1n) is 12.7. The van der Waals surface area contributed by atoms with E-state index in [-0.39, 0.29) is 18.4 Å². The Balaban J connectivity index is 1.35. The minimum atomic E-state index is -0.412. The highest BCUT2D eigenvalue weighted by Gasteiger charge is 2.28. The number of fused-ring (bicyclic) bond motifs is 1. The van der Waals surface area contributed by atoms with E-state index in [0.717, 1.165) is 22.5 Å². The van der Waals surface area contributed by atoms with Gasteiger partial charge >= 0.3 is 0 Å². The highest BCUT2D eigenvalue weighted by atomic mass is 19.1. The lowest BCUT2D eigenvalue weighted by atomic mass is 10.00. The van der Waals surface area contributed by atoms with Crippen LogP contribution >= 0.6 is 0 Å². The monoisotopic (exact) mass is 520 g/mol. The molecular weight excluding hydrogens is 491 g/mol. The first kappa shape index (κ1) is 25.9. The molecule has 2 N–H and O–H groups in total. The molecule has 0 bridgehead atoms. The average molecular weight is 521 g/mol. The summed E-state index contributed by atoms with van der Waals surface area (Å²) in [4.78, 5) is 29.5. The van der Waals surface area contributed by atoms with Gasteiger partial charge in [0.2, 0.25) is 5.91 Å². The van der Waals surface area contributed by atoms with Crippen molar-refractivity contribution in [3.8, 4) is 0 Å². The molecule has 0 aromatic heterocycles. The Morgan fingerprint density at radius 2 is 1.54 bits per heavy atom. The van der Waals surface area contributed by atoms with Gasteiger partial charge in [0.05, 0.1) is 23.5 Å². The van der Waals surface area contributed by atoms with E-state index in [1.807, 2.05) is 96.9 Å². The Bertz CT molecular complexity index is 1520. The molecule has 0 fully saturated rings. The van der Waals surface area contributed by atoms with E-state index < -0.39 is 5.82 Å². The van der Waals surface area contributed by atoms with Gasteiger partial charge in [0.1, 0.15) is 5.82 Å². The van der Waals surface area contributed by atoms with Gasteiger partial charge in [-0.05, 0) is 60.6 Å². The Morgan fingerprint density at radius 3 is 2.23 bits per heavy atom. The molecular formula is C32H29FN4O2. The van der Waals surface area contributed by atoms with E-state index in [4.69, 9.17) is 0 Å². The second-order valence-corrected chi connectivity index (χ2v) is 9.54. The fourth-order valence-corrected chi connectivity index (χ4v) is 4.62. The zero-order valence-electron chi connectivity index (χ0n) is 21.8. The number of carbonyl (C=O) groups excluding carboxylic acids is 2. The molecule has 1 aliphatic rings. The number of hydrogen-bond acceptors (Lipinski definition) is 4. The summed E-state index contributed by atoms with van der Waals surface area (Å²) in [6.07, 6.45) is 0. The zero-order valence-corrected chi connectivity index (χ0v) is 21.8. The van der Waals surface area contributed by atoms with Gasteiger partial charge in [-0.25, -0.2) is 4.39 Å². The van der Waals surface area contributed by atoms with Crippen LogP contribution in [0, 0.1) is 5.82 Å². The van der Waals surface area contributed by atoms with Gasteiger partial charge in [-0.1, -0.05) is 60.7 Å². The first-order valence-corrected chi connectivity index (χ1v) is 12.7. The summed E-state index contributed by atoms with van der Waals surface area (Å²) in [6.45, 7) is 0.967. The molecule has 0 saturated heterocycles. The topological polar surface area (TPSA) is 64.7 Å². The van der Waals surface area contributed by atoms with E-state index in [1.165, 1.54) is 12.1 Å². The molecule has 4 aromatic rings. The molecule has 39 heavy (non-hydrogen) atoms. The molecule has 1 aliphatic heterocycles. The minimum Gasteiger partial charge on any atom is -0.354 e. The molecule has 0 saturated carbocycles. The van der Waals surface area contributed by atoms with Crippen molar-refractivity contribution in [3.05, 3.63) is 126 Å². The summed E-state index contributed by atoms with van der Waals surface area (Å²) in [5, 5.41) is 6.16. The SMILES string of the molecule is CN(CC(=O)N(C)c1ccc(N/C(=C2\C(=O)Nc3cc(F)ccc32)c2ccccc2)cc1)Cc1ccccc1. The molecule has 2 amide bonds. The van der Waals surface area contributed by atoms with Crippen molar-refractivity contribution in [2.24, 2.45) is 0 Å². The lowest BCUT2D eigenvalue weighted by molar-refractivity contribution is -0.119. The number of nitrogens with one attached hydrogen (secondary N) is 2. The number of anilines is 3. The molecule has 0 radical (unpaired) electrons. The zero-order chi connectivity index (χ0) is 27.4. The summed E-state index contributed by atoms with van der Waals surface area (Å²) >= 11 is 0. The summed E-state index contributed by atoms with van der Waals surface area (Å²) in [5.41, 5.74) is 5.59. The van der Waals surface area contributed by atoms with Crippen LogP contribution in [0.4, 0.5) is 21.5 Å². The Hall–Kier alpha value is -4.75. The molecule has 0 atom stereocenters. The van der Waals surface area contributed by atoms with Gasteiger partial charge in [-0.15, -0.1) is 0 Å². The van der Waals surface area contributed by atoms with Crippen molar-refractivity contribution in [2.75, 3.05) is 36.2 Å². The van der Waals surface area contributed by atoms with Crippen LogP contribution < -0.4 is 15.5 Å². The van der Waals surface area contributed by atoms with Gasteiger partial charge < -0.3 is 15.5 Å². The third-order valence-corrected chi connectivity index (χ3v) is 6.64. The lowest BCUT2D eigenvalue weighted by Crippen LogP contribution is -2.36. The first-order chi connectivity index (χ1) is 18.9. The fourth-order valence-electron chi connectivity index (χ4n) is 4.62. The lowest BCUT2D eigenvalue weighted by Gasteiger charge is -2.22. The number of likely N-dealkylation sites (N-methyl/N-ethyl adjacent to an activating group) is 2. The smallest absolute Gasteiger partial charge is 0.258 e. The second-order valence-electron chi connectivity index (χ2n) is 9.54. The van der Waals surface area contributed by atoms with Gasteiger partial charge in [0, 0.05) is 30.5 Å². The Morgan fingerprint density at radius 1 is 0.872 bits per heavy atom. The van der Waals surface area contributed by atoms with E-state index in [1.54, 1.807) is 18.0 Å². The Kier molecular flexibility index (Phi) is 7.52. The van der Waals surface area contributed by atoms with Gasteiger partial charge in [0.25, 0.3) is 5.91 Å². The number of nitrogens with zero attached hydrogens (tertiary/aromatic N) is 2. The predicted molar refractivity (Wildman–Crippen MR) is 155 cm³/mol. The maximum atomic E-state index is 13.8. The molecule has 196 valence electrons. The number of rotatable bonds is 8. The van der Waals surface area contributed by atoms with Crippen LogP contribution in [0.15, 0.2) is 103 Å². The molecule has 1 heterocycles. The van der Waals surface area contributed by atoms with Crippen LogP contribution in [0.3, 0.4) is 0 Å². The quantitative estimate of drug-likeness (QED) is 0.286. The maximum Gasteiger partial charge on any atom is 0.258 e. The largest absolute Gasteiger partial charge is 0.354 e. The Labute approximate surface area is 227 Å². The van der Waals surface area contributed by atoms with Gasteiger partial charge in [-0.3, -0.25) is 14.5 Å². The molecule has 7 heteroatoms. The third-order valence-electron chi connectivity index (χ3n) is 6.64. The van der Waals surface area contributed by atoms with Crippen molar-refractivity contribution in [3.63, 3.8) is 0 Å². The van der Waals surface area contributed by atoms with Crippen LogP contribution in [-0.2, 0) is 16.1 Å². The molecule has 0 unspecified atom stereocenters.